The average Bonchev–Trinajstić information content (AvgIpc) is 2.38. The maximum absolute atomic E-state index is 11.8. The van der Waals surface area contributed by atoms with Crippen molar-refractivity contribution in [2.24, 2.45) is 0 Å². The lowest BCUT2D eigenvalue weighted by molar-refractivity contribution is -0.139. The van der Waals surface area contributed by atoms with E-state index in [0.29, 0.717) is 18.0 Å². The number of anilines is 1. The van der Waals surface area contributed by atoms with Gasteiger partial charge in [-0.15, -0.1) is 0 Å². The Morgan fingerprint density at radius 3 is 2.53 bits per heavy atom. The number of carboxylic acid groups (broad SMARTS) is 1. The average molecular weight is 263 g/mol. The van der Waals surface area contributed by atoms with Crippen molar-refractivity contribution in [2.45, 2.75) is 32.2 Å². The molecule has 1 aliphatic rings. The van der Waals surface area contributed by atoms with Crippen LogP contribution in [-0.4, -0.2) is 29.8 Å². The van der Waals surface area contributed by atoms with Crippen LogP contribution in [0.15, 0.2) is 24.3 Å². The zero-order valence-corrected chi connectivity index (χ0v) is 11.0. The molecule has 0 aliphatic carbocycles. The Hall–Kier alpha value is -2.04. The van der Waals surface area contributed by atoms with Gasteiger partial charge in [0.2, 0.25) is 0 Å². The minimum atomic E-state index is -1.01. The maximum atomic E-state index is 11.8. The number of hydrogen-bond donors (Lipinski definition) is 1. The molecule has 5 nitrogen and oxygen atoms in total. The molecule has 1 atom stereocenters. The van der Waals surface area contributed by atoms with Crippen molar-refractivity contribution in [2.75, 3.05) is 11.5 Å². The number of carbonyl (C=O) groups is 2. The molecule has 1 aromatic carbocycles. The van der Waals surface area contributed by atoms with Crippen LogP contribution in [0.1, 0.15) is 31.7 Å². The first-order chi connectivity index (χ1) is 9.00. The molecule has 1 aliphatic heterocycles. The van der Waals surface area contributed by atoms with Gasteiger partial charge in [-0.05, 0) is 23.6 Å². The molecule has 1 heterocycles. The number of hydrogen-bond acceptors (Lipinski definition) is 3. The zero-order chi connectivity index (χ0) is 14.0. The molecule has 1 unspecified atom stereocenters. The normalized spacial score (nSPS) is 19.4. The first kappa shape index (κ1) is 13.4. The highest BCUT2D eigenvalue weighted by atomic mass is 16.6. The van der Waals surface area contributed by atoms with Crippen LogP contribution in [0.2, 0.25) is 0 Å². The van der Waals surface area contributed by atoms with Gasteiger partial charge in [0.25, 0.3) is 0 Å². The molecule has 1 aromatic rings. The van der Waals surface area contributed by atoms with Gasteiger partial charge in [0, 0.05) is 12.1 Å². The third-order valence-electron chi connectivity index (χ3n) is 3.25. The predicted octanol–water partition coefficient (Wildman–Crippen LogP) is 2.61. The molecule has 1 fully saturated rings. The molecule has 0 spiro atoms. The van der Waals surface area contributed by atoms with Crippen molar-refractivity contribution in [3.63, 3.8) is 0 Å². The molecule has 2 rings (SSSR count). The summed E-state index contributed by atoms with van der Waals surface area (Å²) in [6, 6.07) is 6.48. The summed E-state index contributed by atoms with van der Waals surface area (Å²) in [6.45, 7) is 4.30. The van der Waals surface area contributed by atoms with Crippen LogP contribution in [-0.2, 0) is 9.53 Å². The van der Waals surface area contributed by atoms with Gasteiger partial charge in [0.1, 0.15) is 6.04 Å². The van der Waals surface area contributed by atoms with E-state index in [1.165, 1.54) is 4.90 Å². The summed E-state index contributed by atoms with van der Waals surface area (Å²) in [4.78, 5) is 24.2. The van der Waals surface area contributed by atoms with E-state index in [2.05, 4.69) is 13.8 Å². The lowest BCUT2D eigenvalue weighted by atomic mass is 10.0. The quantitative estimate of drug-likeness (QED) is 0.910. The smallest absolute Gasteiger partial charge is 0.415 e. The molecule has 0 radical (unpaired) electrons. The number of nitrogens with zero attached hydrogens (tertiary/aromatic N) is 1. The minimum absolute atomic E-state index is 0.149. The van der Waals surface area contributed by atoms with Crippen LogP contribution in [0, 0.1) is 0 Å². The fourth-order valence-electron chi connectivity index (χ4n) is 2.12. The van der Waals surface area contributed by atoms with E-state index < -0.39 is 18.1 Å². The molecule has 0 saturated carbocycles. The Kier molecular flexibility index (Phi) is 3.74. The first-order valence-corrected chi connectivity index (χ1v) is 6.29. The van der Waals surface area contributed by atoms with E-state index in [1.54, 1.807) is 12.1 Å². The molecule has 1 amide bonds. The molecule has 102 valence electrons. The summed E-state index contributed by atoms with van der Waals surface area (Å²) in [5.74, 6) is -0.623. The number of ether oxygens (including phenoxy) is 1. The second-order valence-corrected chi connectivity index (χ2v) is 4.87. The summed E-state index contributed by atoms with van der Waals surface area (Å²) in [7, 11) is 0. The number of benzene rings is 1. The Bertz CT molecular complexity index is 481. The van der Waals surface area contributed by atoms with E-state index in [4.69, 9.17) is 4.74 Å². The first-order valence-electron chi connectivity index (χ1n) is 6.29. The summed E-state index contributed by atoms with van der Waals surface area (Å²) in [5.41, 5.74) is 1.70. The van der Waals surface area contributed by atoms with Gasteiger partial charge in [-0.25, -0.2) is 9.59 Å². The topological polar surface area (TPSA) is 66.8 Å². The van der Waals surface area contributed by atoms with Gasteiger partial charge in [-0.3, -0.25) is 4.90 Å². The number of carboxylic acids is 1. The van der Waals surface area contributed by atoms with E-state index in [9.17, 15) is 14.7 Å². The highest BCUT2D eigenvalue weighted by Crippen LogP contribution is 2.25. The van der Waals surface area contributed by atoms with Crippen LogP contribution in [0.3, 0.4) is 0 Å². The summed E-state index contributed by atoms with van der Waals surface area (Å²) in [6.07, 6.45) is -0.302. The molecule has 0 aromatic heterocycles. The van der Waals surface area contributed by atoms with Crippen molar-refractivity contribution in [1.29, 1.82) is 0 Å². The molecular formula is C14H17NO4. The van der Waals surface area contributed by atoms with Crippen molar-refractivity contribution in [1.82, 2.24) is 0 Å². The Labute approximate surface area is 111 Å². The van der Waals surface area contributed by atoms with Gasteiger partial charge >= 0.3 is 12.1 Å². The fraction of sp³-hybridized carbons (Fsp3) is 0.429. The molecule has 19 heavy (non-hydrogen) atoms. The second-order valence-electron chi connectivity index (χ2n) is 4.87. The number of amides is 1. The summed E-state index contributed by atoms with van der Waals surface area (Å²) in [5, 5.41) is 9.18. The summed E-state index contributed by atoms with van der Waals surface area (Å²) >= 11 is 0. The third-order valence-corrected chi connectivity index (χ3v) is 3.25. The molecule has 5 heteroatoms. The van der Waals surface area contributed by atoms with Gasteiger partial charge < -0.3 is 9.84 Å². The van der Waals surface area contributed by atoms with Crippen LogP contribution in [0.4, 0.5) is 10.5 Å². The maximum Gasteiger partial charge on any atom is 0.415 e. The van der Waals surface area contributed by atoms with Crippen molar-refractivity contribution in [3.05, 3.63) is 29.8 Å². The van der Waals surface area contributed by atoms with Crippen LogP contribution < -0.4 is 4.90 Å². The monoisotopic (exact) mass is 263 g/mol. The Balaban J connectivity index is 2.30. The van der Waals surface area contributed by atoms with Crippen LogP contribution >= 0.6 is 0 Å². The van der Waals surface area contributed by atoms with Crippen molar-refractivity contribution < 1.29 is 19.4 Å². The van der Waals surface area contributed by atoms with E-state index in [-0.39, 0.29) is 6.61 Å². The molecule has 1 saturated heterocycles. The summed E-state index contributed by atoms with van der Waals surface area (Å²) < 4.78 is 4.93. The molecular weight excluding hydrogens is 246 g/mol. The van der Waals surface area contributed by atoms with Gasteiger partial charge in [0.05, 0.1) is 6.61 Å². The van der Waals surface area contributed by atoms with E-state index in [1.807, 2.05) is 12.1 Å². The van der Waals surface area contributed by atoms with Crippen LogP contribution in [0.25, 0.3) is 0 Å². The largest absolute Gasteiger partial charge is 0.480 e. The molecule has 1 N–H and O–H groups in total. The second kappa shape index (κ2) is 5.30. The SMILES string of the molecule is CC(C)c1ccc(N2C(=O)OCCC2C(=O)O)cc1. The van der Waals surface area contributed by atoms with Crippen molar-refractivity contribution in [3.8, 4) is 0 Å². The minimum Gasteiger partial charge on any atom is -0.480 e. The lowest BCUT2D eigenvalue weighted by Gasteiger charge is -2.32. The van der Waals surface area contributed by atoms with Gasteiger partial charge in [-0.2, -0.15) is 0 Å². The lowest BCUT2D eigenvalue weighted by Crippen LogP contribution is -2.50. The fourth-order valence-corrected chi connectivity index (χ4v) is 2.12. The van der Waals surface area contributed by atoms with Crippen molar-refractivity contribution >= 4 is 17.7 Å². The molecule has 0 bridgehead atoms. The third kappa shape index (κ3) is 2.70. The zero-order valence-electron chi connectivity index (χ0n) is 11.0. The van der Waals surface area contributed by atoms with Gasteiger partial charge in [0.15, 0.2) is 0 Å². The number of carbonyl (C=O) groups excluding carboxylic acids is 1. The highest BCUT2D eigenvalue weighted by molar-refractivity contribution is 5.96. The van der Waals surface area contributed by atoms with Crippen LogP contribution in [0.5, 0.6) is 0 Å². The predicted molar refractivity (Wildman–Crippen MR) is 70.4 cm³/mol. The standard InChI is InChI=1S/C14H17NO4/c1-9(2)10-3-5-11(6-4-10)15-12(13(16)17)7-8-19-14(15)18/h3-6,9,12H,7-8H2,1-2H3,(H,16,17). The highest BCUT2D eigenvalue weighted by Gasteiger charge is 2.35. The number of aliphatic carboxylic acids is 1. The number of rotatable bonds is 3. The van der Waals surface area contributed by atoms with E-state index in [0.717, 1.165) is 5.56 Å². The van der Waals surface area contributed by atoms with Gasteiger partial charge in [-0.1, -0.05) is 26.0 Å². The Morgan fingerprint density at radius 1 is 1.37 bits per heavy atom. The van der Waals surface area contributed by atoms with E-state index >= 15 is 0 Å². The number of cyclic esters (lactones) is 1. The Morgan fingerprint density at radius 2 is 2.00 bits per heavy atom.